The van der Waals surface area contributed by atoms with Crippen molar-refractivity contribution in [3.8, 4) is 0 Å². The van der Waals surface area contributed by atoms with E-state index in [1.807, 2.05) is 37.3 Å². The number of carbonyl (C=O) groups is 1. The van der Waals surface area contributed by atoms with Gasteiger partial charge >= 0.3 is 0 Å². The number of para-hydroxylation sites is 1. The van der Waals surface area contributed by atoms with Crippen LogP contribution in [0.3, 0.4) is 0 Å². The van der Waals surface area contributed by atoms with Gasteiger partial charge in [-0.1, -0.05) is 68.1 Å². The first-order valence-corrected chi connectivity index (χ1v) is 12.5. The zero-order valence-corrected chi connectivity index (χ0v) is 19.4. The van der Waals surface area contributed by atoms with Gasteiger partial charge in [0.15, 0.2) is 0 Å². The first-order valence-electron chi connectivity index (χ1n) is 11.0. The van der Waals surface area contributed by atoms with Gasteiger partial charge in [0, 0.05) is 5.69 Å². The number of rotatable bonds is 10. The lowest BCUT2D eigenvalue weighted by Gasteiger charge is -2.13. The van der Waals surface area contributed by atoms with E-state index in [-0.39, 0.29) is 22.1 Å². The first-order chi connectivity index (χ1) is 15.4. The maximum atomic E-state index is 13.1. The molecule has 0 saturated carbocycles. The predicted molar refractivity (Wildman–Crippen MR) is 131 cm³/mol. The second-order valence-corrected chi connectivity index (χ2v) is 9.61. The monoisotopic (exact) mass is 450 g/mol. The number of hydrogen-bond donors (Lipinski definition) is 2. The minimum absolute atomic E-state index is 0.194. The van der Waals surface area contributed by atoms with E-state index in [1.165, 1.54) is 6.42 Å². The summed E-state index contributed by atoms with van der Waals surface area (Å²) >= 11 is 0. The molecule has 0 aliphatic rings. The third kappa shape index (κ3) is 6.44. The number of sulfonamides is 1. The van der Waals surface area contributed by atoms with Crippen molar-refractivity contribution in [3.05, 3.63) is 89.5 Å². The standard InChI is InChI=1S/C26H30N2O3S/c1-3-4-5-6-10-21-11-9-12-23(19-21)32(30,31)28-25-14-8-7-13-24(25)26(29)27-22-17-15-20(2)16-18-22/h7-9,11-19,28H,3-6,10H2,1-2H3,(H,27,29). The summed E-state index contributed by atoms with van der Waals surface area (Å²) in [7, 11) is -3.84. The van der Waals surface area contributed by atoms with Crippen molar-refractivity contribution in [1.82, 2.24) is 0 Å². The van der Waals surface area contributed by atoms with Crippen molar-refractivity contribution in [2.24, 2.45) is 0 Å². The van der Waals surface area contributed by atoms with Crippen molar-refractivity contribution in [3.63, 3.8) is 0 Å². The van der Waals surface area contributed by atoms with Gasteiger partial charge in [0.2, 0.25) is 0 Å². The fourth-order valence-corrected chi connectivity index (χ4v) is 4.58. The molecule has 0 heterocycles. The minimum atomic E-state index is -3.84. The molecule has 0 aliphatic carbocycles. The molecule has 0 atom stereocenters. The van der Waals surface area contributed by atoms with Crippen molar-refractivity contribution >= 4 is 27.3 Å². The van der Waals surface area contributed by atoms with Crippen LogP contribution in [0.15, 0.2) is 77.7 Å². The van der Waals surface area contributed by atoms with Gasteiger partial charge in [0.25, 0.3) is 15.9 Å². The van der Waals surface area contributed by atoms with Gasteiger partial charge in [-0.25, -0.2) is 8.42 Å². The summed E-state index contributed by atoms with van der Waals surface area (Å²) in [5.74, 6) is -0.378. The molecule has 2 N–H and O–H groups in total. The summed E-state index contributed by atoms with van der Waals surface area (Å²) in [6.07, 6.45) is 5.36. The number of aryl methyl sites for hydroxylation is 2. The summed E-state index contributed by atoms with van der Waals surface area (Å²) in [6.45, 7) is 4.13. The van der Waals surface area contributed by atoms with Gasteiger partial charge in [-0.2, -0.15) is 0 Å². The third-order valence-electron chi connectivity index (χ3n) is 5.25. The Kier molecular flexibility index (Phi) is 8.06. The van der Waals surface area contributed by atoms with Gasteiger partial charge in [-0.15, -0.1) is 0 Å². The van der Waals surface area contributed by atoms with Gasteiger partial charge in [0.05, 0.1) is 16.1 Å². The number of carbonyl (C=O) groups excluding carboxylic acids is 1. The molecule has 0 spiro atoms. The highest BCUT2D eigenvalue weighted by Gasteiger charge is 2.19. The highest BCUT2D eigenvalue weighted by molar-refractivity contribution is 7.92. The Labute approximate surface area is 190 Å². The molecule has 0 bridgehead atoms. The summed E-state index contributed by atoms with van der Waals surface area (Å²) in [4.78, 5) is 13.0. The van der Waals surface area contributed by atoms with E-state index in [1.54, 1.807) is 42.5 Å². The first kappa shape index (κ1) is 23.5. The zero-order valence-electron chi connectivity index (χ0n) is 18.6. The second-order valence-electron chi connectivity index (χ2n) is 7.93. The van der Waals surface area contributed by atoms with Gasteiger partial charge in [0.1, 0.15) is 0 Å². The van der Waals surface area contributed by atoms with E-state index in [0.717, 1.165) is 36.8 Å². The van der Waals surface area contributed by atoms with Crippen molar-refractivity contribution in [2.75, 3.05) is 10.0 Å². The number of anilines is 2. The molecule has 0 fully saturated rings. The van der Waals surface area contributed by atoms with E-state index >= 15 is 0 Å². The van der Waals surface area contributed by atoms with Crippen molar-refractivity contribution in [1.29, 1.82) is 0 Å². The Morgan fingerprint density at radius 1 is 0.875 bits per heavy atom. The fraction of sp³-hybridized carbons (Fsp3) is 0.269. The average Bonchev–Trinajstić information content (AvgIpc) is 2.78. The number of nitrogens with one attached hydrogen (secondary N) is 2. The molecule has 3 aromatic carbocycles. The molecule has 3 aromatic rings. The molecule has 168 valence electrons. The van der Waals surface area contributed by atoms with E-state index in [2.05, 4.69) is 17.0 Å². The number of unbranched alkanes of at least 4 members (excludes halogenated alkanes) is 3. The smallest absolute Gasteiger partial charge is 0.261 e. The van der Waals surface area contributed by atoms with Crippen molar-refractivity contribution in [2.45, 2.75) is 50.8 Å². The van der Waals surface area contributed by atoms with Gasteiger partial charge in [-0.05, 0) is 61.7 Å². The molecule has 0 radical (unpaired) electrons. The quantitative estimate of drug-likeness (QED) is 0.363. The van der Waals surface area contributed by atoms with Crippen LogP contribution in [0, 0.1) is 6.92 Å². The highest BCUT2D eigenvalue weighted by Crippen LogP contribution is 2.23. The van der Waals surface area contributed by atoms with Crippen LogP contribution >= 0.6 is 0 Å². The van der Waals surface area contributed by atoms with E-state index in [0.29, 0.717) is 5.69 Å². The van der Waals surface area contributed by atoms with Crippen LogP contribution in [0.4, 0.5) is 11.4 Å². The molecule has 0 unspecified atom stereocenters. The molecule has 6 heteroatoms. The number of amides is 1. The molecule has 5 nitrogen and oxygen atoms in total. The van der Waals surface area contributed by atoms with Gasteiger partial charge < -0.3 is 5.32 Å². The lowest BCUT2D eigenvalue weighted by molar-refractivity contribution is 0.102. The second kappa shape index (κ2) is 11.0. The van der Waals surface area contributed by atoms with Crippen LogP contribution < -0.4 is 10.0 Å². The molecule has 0 aliphatic heterocycles. The van der Waals surface area contributed by atoms with Crippen LogP contribution in [0.25, 0.3) is 0 Å². The zero-order chi connectivity index (χ0) is 23.0. The maximum Gasteiger partial charge on any atom is 0.261 e. The highest BCUT2D eigenvalue weighted by atomic mass is 32.2. The lowest BCUT2D eigenvalue weighted by Crippen LogP contribution is -2.18. The molecule has 3 rings (SSSR count). The summed E-state index contributed by atoms with van der Waals surface area (Å²) < 4.78 is 28.7. The molecular formula is C26H30N2O3S. The number of hydrogen-bond acceptors (Lipinski definition) is 3. The largest absolute Gasteiger partial charge is 0.322 e. The Morgan fingerprint density at radius 3 is 2.38 bits per heavy atom. The molecule has 32 heavy (non-hydrogen) atoms. The Morgan fingerprint density at radius 2 is 1.62 bits per heavy atom. The van der Waals surface area contributed by atoms with Crippen molar-refractivity contribution < 1.29 is 13.2 Å². The summed E-state index contributed by atoms with van der Waals surface area (Å²) in [5.41, 5.74) is 3.23. The maximum absolute atomic E-state index is 13.1. The van der Waals surface area contributed by atoms with Gasteiger partial charge in [-0.3, -0.25) is 9.52 Å². The van der Waals surface area contributed by atoms with E-state index < -0.39 is 10.0 Å². The molecule has 0 aromatic heterocycles. The fourth-order valence-electron chi connectivity index (χ4n) is 3.43. The average molecular weight is 451 g/mol. The van der Waals surface area contributed by atoms with Crippen LogP contribution in [0.2, 0.25) is 0 Å². The van der Waals surface area contributed by atoms with E-state index in [4.69, 9.17) is 0 Å². The summed E-state index contributed by atoms with van der Waals surface area (Å²) in [6, 6.07) is 21.0. The van der Waals surface area contributed by atoms with E-state index in [9.17, 15) is 13.2 Å². The molecule has 1 amide bonds. The SMILES string of the molecule is CCCCCCc1cccc(S(=O)(=O)Nc2ccccc2C(=O)Nc2ccc(C)cc2)c1. The van der Waals surface area contributed by atoms with Crippen LogP contribution in [-0.4, -0.2) is 14.3 Å². The minimum Gasteiger partial charge on any atom is -0.322 e. The Bertz CT molecular complexity index is 1160. The molecule has 0 saturated heterocycles. The van der Waals surface area contributed by atoms with Crippen LogP contribution in [0.1, 0.15) is 54.1 Å². The summed E-state index contributed by atoms with van der Waals surface area (Å²) in [5, 5.41) is 2.82. The molecular weight excluding hydrogens is 420 g/mol. The third-order valence-corrected chi connectivity index (χ3v) is 6.62. The lowest BCUT2D eigenvalue weighted by atomic mass is 10.1. The Hall–Kier alpha value is -3.12. The van der Waals surface area contributed by atoms with Crippen LogP contribution in [-0.2, 0) is 16.4 Å². The predicted octanol–water partition coefficient (Wildman–Crippen LogP) is 6.17. The number of benzene rings is 3. The normalized spacial score (nSPS) is 11.2. The Balaban J connectivity index is 1.77. The van der Waals surface area contributed by atoms with Crippen LogP contribution in [0.5, 0.6) is 0 Å². The topological polar surface area (TPSA) is 75.3 Å².